The van der Waals surface area contributed by atoms with Crippen LogP contribution in [-0.2, 0) is 9.53 Å². The molecule has 0 aromatic rings. The van der Waals surface area contributed by atoms with Gasteiger partial charge in [0.1, 0.15) is 5.78 Å². The van der Waals surface area contributed by atoms with Gasteiger partial charge in [0.05, 0.1) is 6.61 Å². The smallest absolute Gasteiger partial charge is 0.135 e. The fourth-order valence-electron chi connectivity index (χ4n) is 2.23. The summed E-state index contributed by atoms with van der Waals surface area (Å²) in [4.78, 5) is 11.5. The van der Waals surface area contributed by atoms with Gasteiger partial charge in [-0.25, -0.2) is 0 Å². The molecule has 1 rings (SSSR count). The molecule has 0 radical (unpaired) electrons. The molecular weight excluding hydrogens is 224 g/mol. The van der Waals surface area contributed by atoms with E-state index in [4.69, 9.17) is 4.74 Å². The fraction of sp³-hybridized carbons (Fsp3) is 0.812. The van der Waals surface area contributed by atoms with Crippen molar-refractivity contribution in [3.63, 3.8) is 0 Å². The summed E-state index contributed by atoms with van der Waals surface area (Å²) >= 11 is 0. The number of rotatable bonds is 0. The van der Waals surface area contributed by atoms with Gasteiger partial charge < -0.3 is 4.74 Å². The summed E-state index contributed by atoms with van der Waals surface area (Å²) in [6.45, 7) is 1.43. The molecule has 0 saturated carbocycles. The fourth-order valence-corrected chi connectivity index (χ4v) is 2.23. The maximum Gasteiger partial charge on any atom is 0.135 e. The van der Waals surface area contributed by atoms with E-state index in [1.807, 2.05) is 0 Å². The van der Waals surface area contributed by atoms with Crippen LogP contribution in [0, 0.1) is 0 Å². The number of ketones is 1. The van der Waals surface area contributed by atoms with Gasteiger partial charge >= 0.3 is 0 Å². The number of carbonyl (C=O) groups excluding carboxylic acids is 1. The molecule has 1 aliphatic rings. The van der Waals surface area contributed by atoms with Gasteiger partial charge in [0, 0.05) is 19.4 Å². The predicted molar refractivity (Wildman–Crippen MR) is 75.8 cm³/mol. The monoisotopic (exact) mass is 252 g/mol. The number of hydrogen-bond acceptors (Lipinski definition) is 2. The molecule has 0 aromatic carbocycles. The third-order valence-electron chi connectivity index (χ3n) is 3.43. The van der Waals surface area contributed by atoms with Crippen molar-refractivity contribution in [2.24, 2.45) is 0 Å². The van der Waals surface area contributed by atoms with Crippen molar-refractivity contribution in [3.8, 4) is 0 Å². The molecule has 1 heterocycles. The number of allylic oxidation sites excluding steroid dienone is 2. The van der Waals surface area contributed by atoms with Gasteiger partial charge in [0.2, 0.25) is 0 Å². The summed E-state index contributed by atoms with van der Waals surface area (Å²) in [5.74, 6) is 0.376. The molecule has 0 aromatic heterocycles. The summed E-state index contributed by atoms with van der Waals surface area (Å²) in [6, 6.07) is 0. The first kappa shape index (κ1) is 15.4. The Morgan fingerprint density at radius 1 is 0.722 bits per heavy atom. The van der Waals surface area contributed by atoms with Crippen LogP contribution in [0.3, 0.4) is 0 Å². The highest BCUT2D eigenvalue weighted by atomic mass is 16.5. The Balaban J connectivity index is 2.17. The zero-order chi connectivity index (χ0) is 12.9. The number of Topliss-reactive ketones (excluding diaryl/α,β-unsaturated/α-hetero) is 1. The van der Waals surface area contributed by atoms with E-state index in [0.29, 0.717) is 18.8 Å². The lowest BCUT2D eigenvalue weighted by Gasteiger charge is -2.03. The minimum Gasteiger partial charge on any atom is -0.381 e. The summed E-state index contributed by atoms with van der Waals surface area (Å²) in [6.07, 6.45) is 16.8. The summed E-state index contributed by atoms with van der Waals surface area (Å²) in [5.41, 5.74) is 0. The molecule has 1 aliphatic heterocycles. The van der Waals surface area contributed by atoms with Crippen LogP contribution in [0.4, 0.5) is 0 Å². The molecule has 0 bridgehead atoms. The first-order valence-electron chi connectivity index (χ1n) is 7.64. The Morgan fingerprint density at radius 3 is 2.22 bits per heavy atom. The van der Waals surface area contributed by atoms with Crippen LogP contribution in [0.1, 0.15) is 70.6 Å². The van der Waals surface area contributed by atoms with Crippen LogP contribution in [0.25, 0.3) is 0 Å². The van der Waals surface area contributed by atoms with Gasteiger partial charge in [-0.2, -0.15) is 0 Å². The van der Waals surface area contributed by atoms with Gasteiger partial charge in [0.25, 0.3) is 0 Å². The van der Waals surface area contributed by atoms with E-state index in [9.17, 15) is 4.79 Å². The topological polar surface area (TPSA) is 26.3 Å². The average molecular weight is 252 g/mol. The van der Waals surface area contributed by atoms with Gasteiger partial charge in [-0.1, -0.05) is 31.4 Å². The molecule has 0 fully saturated rings. The molecule has 0 spiro atoms. The van der Waals surface area contributed by atoms with Crippen LogP contribution in [0.5, 0.6) is 0 Å². The normalized spacial score (nSPS) is 24.3. The Morgan fingerprint density at radius 2 is 1.39 bits per heavy atom. The molecule has 0 amide bonds. The highest BCUT2D eigenvalue weighted by molar-refractivity contribution is 5.78. The molecule has 0 unspecified atom stereocenters. The summed E-state index contributed by atoms with van der Waals surface area (Å²) in [5, 5.41) is 0. The Labute approximate surface area is 112 Å². The molecule has 2 nitrogen and oxygen atoms in total. The first-order valence-corrected chi connectivity index (χ1v) is 7.64. The second kappa shape index (κ2) is 11.5. The zero-order valence-corrected chi connectivity index (χ0v) is 11.7. The third-order valence-corrected chi connectivity index (χ3v) is 3.43. The molecule has 18 heavy (non-hydrogen) atoms. The second-order valence-corrected chi connectivity index (χ2v) is 5.17. The molecule has 104 valence electrons. The molecule has 2 heteroatoms. The van der Waals surface area contributed by atoms with Crippen molar-refractivity contribution in [2.45, 2.75) is 70.6 Å². The largest absolute Gasteiger partial charge is 0.381 e. The van der Waals surface area contributed by atoms with E-state index in [1.54, 1.807) is 0 Å². The van der Waals surface area contributed by atoms with Crippen molar-refractivity contribution in [3.05, 3.63) is 12.2 Å². The van der Waals surface area contributed by atoms with Crippen molar-refractivity contribution < 1.29 is 9.53 Å². The zero-order valence-electron chi connectivity index (χ0n) is 11.7. The van der Waals surface area contributed by atoms with Crippen LogP contribution in [-0.4, -0.2) is 19.0 Å². The average Bonchev–Trinajstić information content (AvgIpc) is 2.37. The third kappa shape index (κ3) is 9.41. The quantitative estimate of drug-likeness (QED) is 0.596. The van der Waals surface area contributed by atoms with E-state index in [1.165, 1.54) is 44.9 Å². The molecular formula is C16H28O2. The van der Waals surface area contributed by atoms with Crippen molar-refractivity contribution in [1.29, 1.82) is 0 Å². The highest BCUT2D eigenvalue weighted by Gasteiger charge is 2.02. The van der Waals surface area contributed by atoms with Crippen LogP contribution >= 0.6 is 0 Å². The van der Waals surface area contributed by atoms with Crippen LogP contribution in [0.2, 0.25) is 0 Å². The maximum atomic E-state index is 11.5. The van der Waals surface area contributed by atoms with E-state index >= 15 is 0 Å². The van der Waals surface area contributed by atoms with E-state index in [0.717, 1.165) is 25.9 Å². The Hall–Kier alpha value is -0.630. The lowest BCUT2D eigenvalue weighted by atomic mass is 10.1. The standard InChI is InChI=1S/C16H28O2/c17-16-12-10-8-6-4-2-1-3-5-7-9-11-14-18-15-13-16/h3,5H,1-2,4,6-15H2/b5-3+. The van der Waals surface area contributed by atoms with Crippen molar-refractivity contribution in [2.75, 3.05) is 13.2 Å². The number of ether oxygens (including phenoxy) is 1. The second-order valence-electron chi connectivity index (χ2n) is 5.17. The lowest BCUT2D eigenvalue weighted by Crippen LogP contribution is -2.05. The minimum absolute atomic E-state index is 0.376. The minimum atomic E-state index is 0.376. The van der Waals surface area contributed by atoms with E-state index < -0.39 is 0 Å². The summed E-state index contributed by atoms with van der Waals surface area (Å²) < 4.78 is 5.48. The summed E-state index contributed by atoms with van der Waals surface area (Å²) in [7, 11) is 0. The molecule has 0 saturated heterocycles. The van der Waals surface area contributed by atoms with Crippen molar-refractivity contribution >= 4 is 5.78 Å². The van der Waals surface area contributed by atoms with Gasteiger partial charge in [-0.05, 0) is 38.5 Å². The molecule has 0 aliphatic carbocycles. The Kier molecular flexibility index (Phi) is 9.82. The van der Waals surface area contributed by atoms with Gasteiger partial charge in [-0.15, -0.1) is 0 Å². The predicted octanol–water partition coefficient (Wildman–Crippen LogP) is 4.43. The first-order chi connectivity index (χ1) is 8.89. The van der Waals surface area contributed by atoms with Gasteiger partial charge in [-0.3, -0.25) is 4.79 Å². The van der Waals surface area contributed by atoms with Crippen LogP contribution in [0.15, 0.2) is 12.2 Å². The van der Waals surface area contributed by atoms with E-state index in [2.05, 4.69) is 12.2 Å². The maximum absolute atomic E-state index is 11.5. The number of carbonyl (C=O) groups is 1. The Bertz CT molecular complexity index is 211. The SMILES string of the molecule is O=C1CCCCCCC/C=C/CCCCOCC1. The van der Waals surface area contributed by atoms with Gasteiger partial charge in [0.15, 0.2) is 0 Å². The van der Waals surface area contributed by atoms with E-state index in [-0.39, 0.29) is 0 Å². The molecule has 0 atom stereocenters. The highest BCUT2D eigenvalue weighted by Crippen LogP contribution is 2.09. The number of hydrogen-bond donors (Lipinski definition) is 0. The van der Waals surface area contributed by atoms with Crippen molar-refractivity contribution in [1.82, 2.24) is 0 Å². The van der Waals surface area contributed by atoms with Crippen LogP contribution < -0.4 is 0 Å². The molecule has 0 N–H and O–H groups in total. The lowest BCUT2D eigenvalue weighted by molar-refractivity contribution is -0.120.